The van der Waals surface area contributed by atoms with Crippen molar-refractivity contribution < 1.29 is 23.4 Å². The van der Waals surface area contributed by atoms with Crippen LogP contribution >= 0.6 is 0 Å². The molecule has 2 atom stereocenters. The lowest BCUT2D eigenvalue weighted by molar-refractivity contribution is -0.129. The molecular formula is C22H38F2N2O3. The van der Waals surface area contributed by atoms with Gasteiger partial charge in [0, 0.05) is 37.2 Å². The van der Waals surface area contributed by atoms with Crippen molar-refractivity contribution in [1.82, 2.24) is 5.32 Å². The Balaban J connectivity index is 0.000000554. The van der Waals surface area contributed by atoms with E-state index in [0.717, 1.165) is 31.0 Å². The molecular weight excluding hydrogens is 378 g/mol. The van der Waals surface area contributed by atoms with E-state index in [4.69, 9.17) is 5.73 Å². The number of amides is 1. The largest absolute Gasteiger partial charge is 0.497 e. The molecule has 29 heavy (non-hydrogen) atoms. The van der Waals surface area contributed by atoms with Crippen LogP contribution < -0.4 is 15.8 Å². The molecule has 168 valence electrons. The molecule has 0 saturated heterocycles. The molecule has 0 heterocycles. The van der Waals surface area contributed by atoms with Crippen LogP contribution in [0.15, 0.2) is 18.2 Å². The van der Waals surface area contributed by atoms with Crippen molar-refractivity contribution in [1.29, 1.82) is 0 Å². The van der Waals surface area contributed by atoms with Crippen LogP contribution in [0, 0.1) is 29.4 Å². The van der Waals surface area contributed by atoms with Crippen LogP contribution in [-0.4, -0.2) is 37.3 Å². The van der Waals surface area contributed by atoms with Crippen LogP contribution in [0.2, 0.25) is 0 Å². The summed E-state index contributed by atoms with van der Waals surface area (Å²) < 4.78 is 29.2. The number of hydrogen-bond acceptors (Lipinski definition) is 4. The Hall–Kier alpha value is -1.73. The molecule has 4 N–H and O–H groups in total. The Kier molecular flexibility index (Phi) is 14.3. The lowest BCUT2D eigenvalue weighted by atomic mass is 9.73. The molecule has 0 spiro atoms. The van der Waals surface area contributed by atoms with E-state index >= 15 is 0 Å². The SMILES string of the molecule is CC.CC(C)CNC(=O)C(CC(O)CN)C1CCC1.COc1cc(F)cc(F)c1. The third-order valence-corrected chi connectivity index (χ3v) is 4.61. The van der Waals surface area contributed by atoms with Crippen molar-refractivity contribution in [2.45, 2.75) is 59.5 Å². The summed E-state index contributed by atoms with van der Waals surface area (Å²) >= 11 is 0. The molecule has 1 saturated carbocycles. The Bertz CT molecular complexity index is 561. The fraction of sp³-hybridized carbons (Fsp3) is 0.682. The average Bonchev–Trinajstić information content (AvgIpc) is 2.65. The van der Waals surface area contributed by atoms with Gasteiger partial charge in [0.1, 0.15) is 17.4 Å². The van der Waals surface area contributed by atoms with E-state index in [1.54, 1.807) is 0 Å². The van der Waals surface area contributed by atoms with Gasteiger partial charge in [0.25, 0.3) is 0 Å². The van der Waals surface area contributed by atoms with Crippen molar-refractivity contribution >= 4 is 5.91 Å². The molecule has 1 aliphatic carbocycles. The number of nitrogens with two attached hydrogens (primary N) is 1. The Morgan fingerprint density at radius 3 is 2.17 bits per heavy atom. The molecule has 1 fully saturated rings. The van der Waals surface area contributed by atoms with Crippen molar-refractivity contribution in [3.63, 3.8) is 0 Å². The number of carbonyl (C=O) groups excluding carboxylic acids is 1. The topological polar surface area (TPSA) is 84.6 Å². The molecule has 0 bridgehead atoms. The van der Waals surface area contributed by atoms with E-state index in [9.17, 15) is 18.7 Å². The monoisotopic (exact) mass is 416 g/mol. The van der Waals surface area contributed by atoms with Crippen LogP contribution in [0.25, 0.3) is 0 Å². The van der Waals surface area contributed by atoms with Crippen LogP contribution in [-0.2, 0) is 4.79 Å². The average molecular weight is 417 g/mol. The van der Waals surface area contributed by atoms with Gasteiger partial charge in [-0.1, -0.05) is 34.1 Å². The summed E-state index contributed by atoms with van der Waals surface area (Å²) in [5.41, 5.74) is 5.42. The maximum absolute atomic E-state index is 12.3. The Morgan fingerprint density at radius 2 is 1.79 bits per heavy atom. The number of halogens is 2. The highest BCUT2D eigenvalue weighted by Crippen LogP contribution is 2.35. The highest BCUT2D eigenvalue weighted by molar-refractivity contribution is 5.79. The molecule has 2 unspecified atom stereocenters. The third-order valence-electron chi connectivity index (χ3n) is 4.61. The maximum atomic E-state index is 12.3. The first-order valence-corrected chi connectivity index (χ1v) is 10.4. The molecule has 0 radical (unpaired) electrons. The number of aliphatic hydroxyl groups is 1. The lowest BCUT2D eigenvalue weighted by Crippen LogP contribution is -2.41. The number of ether oxygens (including phenoxy) is 1. The number of nitrogens with one attached hydrogen (secondary N) is 1. The zero-order valence-electron chi connectivity index (χ0n) is 18.4. The van der Waals surface area contributed by atoms with Gasteiger partial charge in [-0.25, -0.2) is 8.78 Å². The predicted molar refractivity (Wildman–Crippen MR) is 113 cm³/mol. The summed E-state index contributed by atoms with van der Waals surface area (Å²) in [5, 5.41) is 12.6. The molecule has 0 aliphatic heterocycles. The van der Waals surface area contributed by atoms with Gasteiger partial charge in [0.15, 0.2) is 0 Å². The number of carbonyl (C=O) groups is 1. The summed E-state index contributed by atoms with van der Waals surface area (Å²) in [5.74, 6) is -0.119. The van der Waals surface area contributed by atoms with Crippen molar-refractivity contribution in [3.05, 3.63) is 29.8 Å². The van der Waals surface area contributed by atoms with E-state index in [1.807, 2.05) is 13.8 Å². The Labute approximate surface area is 174 Å². The van der Waals surface area contributed by atoms with E-state index in [0.29, 0.717) is 24.8 Å². The molecule has 1 aromatic carbocycles. The first-order chi connectivity index (χ1) is 13.8. The second kappa shape index (κ2) is 15.2. The van der Waals surface area contributed by atoms with Gasteiger partial charge in [0.2, 0.25) is 5.91 Å². The van der Waals surface area contributed by atoms with Crippen molar-refractivity contribution in [2.75, 3.05) is 20.2 Å². The molecule has 5 nitrogen and oxygen atoms in total. The van der Waals surface area contributed by atoms with Crippen LogP contribution in [0.1, 0.15) is 53.4 Å². The summed E-state index contributed by atoms with van der Waals surface area (Å²) in [6, 6.07) is 3.02. The van der Waals surface area contributed by atoms with Gasteiger partial charge in [-0.15, -0.1) is 0 Å². The minimum atomic E-state index is -0.628. The number of rotatable bonds is 8. The summed E-state index contributed by atoms with van der Waals surface area (Å²) in [6.07, 6.45) is 3.38. The first kappa shape index (κ1) is 27.3. The summed E-state index contributed by atoms with van der Waals surface area (Å²) in [4.78, 5) is 12.1. The van der Waals surface area contributed by atoms with Gasteiger partial charge in [-0.3, -0.25) is 4.79 Å². The smallest absolute Gasteiger partial charge is 0.223 e. The second-order valence-corrected chi connectivity index (χ2v) is 7.37. The highest BCUT2D eigenvalue weighted by atomic mass is 19.1. The standard InChI is InChI=1S/C13H26N2O2.C7H6F2O.C2H6/c1-9(2)8-15-13(17)12(6-11(16)7-14)10-4-3-5-10;1-10-7-3-5(8)2-6(9)4-7;1-2/h9-12,16H,3-8,14H2,1-2H3,(H,15,17);2-4H,1H3;1-2H3. The van der Waals surface area contributed by atoms with E-state index in [1.165, 1.54) is 13.5 Å². The third kappa shape index (κ3) is 11.1. The second-order valence-electron chi connectivity index (χ2n) is 7.37. The summed E-state index contributed by atoms with van der Waals surface area (Å²) in [7, 11) is 1.36. The minimum absolute atomic E-state index is 0.0546. The number of benzene rings is 1. The van der Waals surface area contributed by atoms with Gasteiger partial charge in [-0.2, -0.15) is 0 Å². The maximum Gasteiger partial charge on any atom is 0.223 e. The fourth-order valence-corrected chi connectivity index (χ4v) is 2.83. The highest BCUT2D eigenvalue weighted by Gasteiger charge is 2.33. The molecule has 7 heteroatoms. The Morgan fingerprint density at radius 1 is 1.24 bits per heavy atom. The molecule has 1 aliphatic rings. The normalized spacial score (nSPS) is 15.1. The zero-order valence-corrected chi connectivity index (χ0v) is 18.4. The molecule has 1 aromatic rings. The van der Waals surface area contributed by atoms with Crippen LogP contribution in [0.3, 0.4) is 0 Å². The molecule has 1 amide bonds. The molecule has 2 rings (SSSR count). The van der Waals surface area contributed by atoms with Crippen LogP contribution in [0.4, 0.5) is 8.78 Å². The zero-order chi connectivity index (χ0) is 22.4. The first-order valence-electron chi connectivity index (χ1n) is 10.4. The number of hydrogen-bond donors (Lipinski definition) is 3. The van der Waals surface area contributed by atoms with Gasteiger partial charge >= 0.3 is 0 Å². The molecule has 0 aromatic heterocycles. The van der Waals surface area contributed by atoms with E-state index in [-0.39, 0.29) is 24.1 Å². The van der Waals surface area contributed by atoms with Gasteiger partial charge in [-0.05, 0) is 31.1 Å². The summed E-state index contributed by atoms with van der Waals surface area (Å²) in [6.45, 7) is 9.10. The van der Waals surface area contributed by atoms with Crippen molar-refractivity contribution in [3.8, 4) is 5.75 Å². The van der Waals surface area contributed by atoms with Crippen LogP contribution in [0.5, 0.6) is 5.75 Å². The number of aliphatic hydroxyl groups excluding tert-OH is 1. The lowest BCUT2D eigenvalue weighted by Gasteiger charge is -2.34. The fourth-order valence-electron chi connectivity index (χ4n) is 2.83. The minimum Gasteiger partial charge on any atom is -0.497 e. The van der Waals surface area contributed by atoms with Gasteiger partial charge in [0.05, 0.1) is 13.2 Å². The predicted octanol–water partition coefficient (Wildman–Crippen LogP) is 3.88. The van der Waals surface area contributed by atoms with E-state index < -0.39 is 17.7 Å². The quantitative estimate of drug-likeness (QED) is 0.600. The van der Waals surface area contributed by atoms with Gasteiger partial charge < -0.3 is 20.9 Å². The number of methoxy groups -OCH3 is 1. The van der Waals surface area contributed by atoms with Crippen molar-refractivity contribution in [2.24, 2.45) is 23.5 Å². The van der Waals surface area contributed by atoms with E-state index in [2.05, 4.69) is 23.9 Å².